The highest BCUT2D eigenvalue weighted by Gasteiger charge is 2.33. The number of carbonyl (C=O) groups excluding carboxylic acids is 5. The monoisotopic (exact) mass is 850 g/mol. The number of hydrogen-bond donors (Lipinski definition) is 0. The van der Waals surface area contributed by atoms with Crippen LogP contribution in [0, 0.1) is 0 Å². The molecule has 0 bridgehead atoms. The van der Waals surface area contributed by atoms with Gasteiger partial charge in [0, 0.05) is 39.7 Å². The van der Waals surface area contributed by atoms with E-state index < -0.39 is 17.9 Å². The Morgan fingerprint density at radius 2 is 1.00 bits per heavy atom. The molecule has 0 N–H and O–H groups in total. The maximum absolute atomic E-state index is 14.5. The van der Waals surface area contributed by atoms with Crippen LogP contribution in [-0.4, -0.2) is 49.8 Å². The number of benzene rings is 6. The van der Waals surface area contributed by atoms with Crippen molar-refractivity contribution in [3.05, 3.63) is 190 Å². The molecule has 8 rings (SSSR count). The number of ether oxygens (including phenoxy) is 4. The first-order valence-corrected chi connectivity index (χ1v) is 21.2. The molecule has 0 radical (unpaired) electrons. The highest BCUT2D eigenvalue weighted by Crippen LogP contribution is 2.45. The fourth-order valence-electron chi connectivity index (χ4n) is 8.28. The van der Waals surface area contributed by atoms with E-state index in [2.05, 4.69) is 31.7 Å². The molecule has 6 aromatic rings. The summed E-state index contributed by atoms with van der Waals surface area (Å²) in [5.41, 5.74) is 7.90. The van der Waals surface area contributed by atoms with E-state index in [1.807, 2.05) is 110 Å². The summed E-state index contributed by atoms with van der Waals surface area (Å²) in [4.78, 5) is 65.2. The summed E-state index contributed by atoms with van der Waals surface area (Å²) in [6, 6.07) is 38.8. The van der Waals surface area contributed by atoms with Crippen LogP contribution in [0.4, 0.5) is 0 Å². The van der Waals surface area contributed by atoms with Crippen LogP contribution in [0.1, 0.15) is 88.4 Å². The molecule has 2 unspecified atom stereocenters. The van der Waals surface area contributed by atoms with Gasteiger partial charge in [-0.15, -0.1) is 0 Å². The van der Waals surface area contributed by atoms with Gasteiger partial charge < -0.3 is 18.9 Å². The molecule has 0 heterocycles. The van der Waals surface area contributed by atoms with E-state index in [4.69, 9.17) is 18.9 Å². The predicted octanol–water partition coefficient (Wildman–Crippen LogP) is 11.1. The molecule has 0 saturated carbocycles. The van der Waals surface area contributed by atoms with Crippen LogP contribution in [0.3, 0.4) is 0 Å². The van der Waals surface area contributed by atoms with Crippen LogP contribution in [0.25, 0.3) is 32.7 Å². The van der Waals surface area contributed by atoms with E-state index in [1.54, 1.807) is 19.2 Å². The number of methoxy groups -OCH3 is 1. The summed E-state index contributed by atoms with van der Waals surface area (Å²) in [6.45, 7) is 8.82. The van der Waals surface area contributed by atoms with E-state index in [-0.39, 0.29) is 55.0 Å². The molecular formula is C55H46O9. The fourth-order valence-corrected chi connectivity index (χ4v) is 8.28. The predicted molar refractivity (Wildman–Crippen MR) is 247 cm³/mol. The highest BCUT2D eigenvalue weighted by atomic mass is 16.6. The minimum atomic E-state index is -0.622. The average Bonchev–Trinajstić information content (AvgIpc) is 3.31. The molecule has 64 heavy (non-hydrogen) atoms. The summed E-state index contributed by atoms with van der Waals surface area (Å²) < 4.78 is 21.0. The number of rotatable bonds is 13. The molecule has 0 fully saturated rings. The van der Waals surface area contributed by atoms with Crippen molar-refractivity contribution < 1.29 is 42.9 Å². The Bertz CT molecular complexity index is 3020. The molecule has 0 saturated heterocycles. The van der Waals surface area contributed by atoms with Crippen molar-refractivity contribution in [2.24, 2.45) is 0 Å². The second kappa shape index (κ2) is 18.4. The minimum Gasteiger partial charge on any atom is -0.497 e. The lowest BCUT2D eigenvalue weighted by molar-refractivity contribution is -0.151. The van der Waals surface area contributed by atoms with Gasteiger partial charge in [-0.25, -0.2) is 4.79 Å². The lowest BCUT2D eigenvalue weighted by Crippen LogP contribution is -2.19. The topological polar surface area (TPSA) is 122 Å². The van der Waals surface area contributed by atoms with Gasteiger partial charge in [0.25, 0.3) is 0 Å². The van der Waals surface area contributed by atoms with Crippen LogP contribution >= 0.6 is 0 Å². The first-order chi connectivity index (χ1) is 30.9. The Morgan fingerprint density at radius 1 is 0.547 bits per heavy atom. The number of Topliss-reactive ketones (excluding diaryl/α,β-unsaturated/α-hetero) is 2. The van der Waals surface area contributed by atoms with Crippen LogP contribution in [0.2, 0.25) is 0 Å². The smallest absolute Gasteiger partial charge is 0.333 e. The lowest BCUT2D eigenvalue weighted by Gasteiger charge is -2.28. The zero-order valence-corrected chi connectivity index (χ0v) is 36.1. The number of ketones is 2. The standard InChI is InChI=1S/C55H46O9/c1-32(2)55(60)63-25-24-62-51(56)22-23-52(57)64-42-21-19-36-15-17-38(27-40(36)29-42)34(4)48-31-50(44-11-7-9-13-46(44)54(48)59)49-30-47(53(58)45-12-8-6-10-43(45)49)33(3)37-16-14-35-18-20-41(61-5)28-39(35)26-37/h6-21,26-31,33-34H,1,22-25H2,2-5H3/b50-49+. The zero-order chi connectivity index (χ0) is 45.1. The van der Waals surface area contributed by atoms with E-state index in [1.165, 1.54) is 6.92 Å². The van der Waals surface area contributed by atoms with Crippen molar-refractivity contribution >= 4 is 62.2 Å². The van der Waals surface area contributed by atoms with Crippen LogP contribution in [-0.2, 0) is 23.9 Å². The van der Waals surface area contributed by atoms with E-state index in [0.29, 0.717) is 28.0 Å². The lowest BCUT2D eigenvalue weighted by atomic mass is 9.74. The van der Waals surface area contributed by atoms with Gasteiger partial charge in [0.05, 0.1) is 20.0 Å². The fraction of sp³-hybridized carbons (Fsp3) is 0.182. The minimum absolute atomic E-state index is 0.0320. The summed E-state index contributed by atoms with van der Waals surface area (Å²) in [5.74, 6) is -1.44. The maximum atomic E-state index is 14.5. The molecule has 9 heteroatoms. The third-order valence-electron chi connectivity index (χ3n) is 11.9. The first kappa shape index (κ1) is 43.0. The summed E-state index contributed by atoms with van der Waals surface area (Å²) in [5, 5.41) is 3.80. The van der Waals surface area contributed by atoms with E-state index >= 15 is 0 Å². The van der Waals surface area contributed by atoms with Crippen molar-refractivity contribution in [2.45, 2.75) is 45.4 Å². The molecule has 2 atom stereocenters. The Balaban J connectivity index is 1.09. The van der Waals surface area contributed by atoms with Crippen molar-refractivity contribution in [1.82, 2.24) is 0 Å². The molecule has 0 aromatic heterocycles. The zero-order valence-electron chi connectivity index (χ0n) is 36.1. The first-order valence-electron chi connectivity index (χ1n) is 21.2. The molecule has 2 aliphatic rings. The Morgan fingerprint density at radius 3 is 1.52 bits per heavy atom. The molecule has 9 nitrogen and oxygen atoms in total. The van der Waals surface area contributed by atoms with E-state index in [0.717, 1.165) is 60.7 Å². The number of allylic oxidation sites excluding steroid dienone is 6. The second-order valence-electron chi connectivity index (χ2n) is 16.1. The second-order valence-corrected chi connectivity index (χ2v) is 16.1. The largest absolute Gasteiger partial charge is 0.497 e. The Hall–Kier alpha value is -7.65. The molecule has 0 spiro atoms. The van der Waals surface area contributed by atoms with Gasteiger partial charge in [0.1, 0.15) is 24.7 Å². The number of carbonyl (C=O) groups is 5. The summed E-state index contributed by atoms with van der Waals surface area (Å²) in [7, 11) is 1.65. The average molecular weight is 851 g/mol. The van der Waals surface area contributed by atoms with Crippen molar-refractivity contribution in [1.29, 1.82) is 0 Å². The highest BCUT2D eigenvalue weighted by molar-refractivity contribution is 6.24. The summed E-state index contributed by atoms with van der Waals surface area (Å²) >= 11 is 0. The Labute approximate surface area is 371 Å². The van der Waals surface area contributed by atoms with Crippen molar-refractivity contribution in [3.8, 4) is 11.5 Å². The molecule has 6 aromatic carbocycles. The van der Waals surface area contributed by atoms with Crippen LogP contribution in [0.15, 0.2) is 157 Å². The van der Waals surface area contributed by atoms with Gasteiger partial charge >= 0.3 is 17.9 Å². The molecular weight excluding hydrogens is 805 g/mol. The molecule has 320 valence electrons. The maximum Gasteiger partial charge on any atom is 0.333 e. The quantitative estimate of drug-likeness (QED) is 0.0484. The Kier molecular flexibility index (Phi) is 12.3. The van der Waals surface area contributed by atoms with Gasteiger partial charge in [0.2, 0.25) is 0 Å². The molecule has 2 aliphatic carbocycles. The SMILES string of the molecule is C=C(C)C(=O)OCCOC(=O)CCC(=O)Oc1ccc2ccc(C(C)C3=C/C(=C4/C=C(C(C)c5ccc6ccc(OC)cc6c5)C(=O)c5ccccc54)c4ccccc4C3=O)cc2c1. The normalized spacial score (nSPS) is 15.3. The van der Waals surface area contributed by atoms with Crippen LogP contribution in [0.5, 0.6) is 11.5 Å². The van der Waals surface area contributed by atoms with Crippen LogP contribution < -0.4 is 9.47 Å². The van der Waals surface area contributed by atoms with Gasteiger partial charge in [-0.3, -0.25) is 19.2 Å². The third kappa shape index (κ3) is 8.83. The van der Waals surface area contributed by atoms with Gasteiger partial charge in [-0.1, -0.05) is 117 Å². The van der Waals surface area contributed by atoms with Crippen molar-refractivity contribution in [3.63, 3.8) is 0 Å². The summed E-state index contributed by atoms with van der Waals surface area (Å²) in [6.07, 6.45) is 3.59. The molecule has 0 amide bonds. The van der Waals surface area contributed by atoms with Gasteiger partial charge in [0.15, 0.2) is 11.6 Å². The number of fused-ring (bicyclic) bond motifs is 4. The third-order valence-corrected chi connectivity index (χ3v) is 11.9. The molecule has 0 aliphatic heterocycles. The number of hydrogen-bond acceptors (Lipinski definition) is 9. The van der Waals surface area contributed by atoms with Gasteiger partial charge in [-0.05, 0) is 98.3 Å². The van der Waals surface area contributed by atoms with E-state index in [9.17, 15) is 24.0 Å². The van der Waals surface area contributed by atoms with Gasteiger partial charge in [-0.2, -0.15) is 0 Å². The van der Waals surface area contributed by atoms with Crippen molar-refractivity contribution in [2.75, 3.05) is 20.3 Å². The number of esters is 3.